The summed E-state index contributed by atoms with van der Waals surface area (Å²) in [6.45, 7) is 3.93. The minimum Gasteiger partial charge on any atom is -0.385 e. The Morgan fingerprint density at radius 1 is 1.53 bits per heavy atom. The zero-order valence-electron chi connectivity index (χ0n) is 11.0. The van der Waals surface area contributed by atoms with Crippen LogP contribution in [0.25, 0.3) is 0 Å². The number of ether oxygens (including phenoxy) is 1. The van der Waals surface area contributed by atoms with E-state index < -0.39 is 0 Å². The van der Waals surface area contributed by atoms with Crippen LogP contribution in [0.3, 0.4) is 0 Å². The predicted octanol–water partition coefficient (Wildman–Crippen LogP) is -0.177. The topological polar surface area (TPSA) is 53.6 Å². The Morgan fingerprint density at radius 2 is 2.35 bits per heavy atom. The number of likely N-dealkylation sites (N-methyl/N-ethyl adjacent to an activating group) is 1. The van der Waals surface area contributed by atoms with Crippen LogP contribution in [0.15, 0.2) is 0 Å². The largest absolute Gasteiger partial charge is 0.385 e. The van der Waals surface area contributed by atoms with Gasteiger partial charge in [0.15, 0.2) is 0 Å². The predicted molar refractivity (Wildman–Crippen MR) is 68.0 cm³/mol. The van der Waals surface area contributed by atoms with Gasteiger partial charge in [-0.2, -0.15) is 0 Å². The number of rotatable bonds is 7. The molecule has 1 rings (SSSR count). The van der Waals surface area contributed by atoms with Crippen molar-refractivity contribution in [3.05, 3.63) is 0 Å². The lowest BCUT2D eigenvalue weighted by Gasteiger charge is -2.31. The maximum Gasteiger partial charge on any atom is 0.234 e. The molecular formula is C12H25N3O2. The summed E-state index contributed by atoms with van der Waals surface area (Å²) >= 11 is 0. The van der Waals surface area contributed by atoms with Gasteiger partial charge in [-0.1, -0.05) is 0 Å². The highest BCUT2D eigenvalue weighted by atomic mass is 16.5. The molecule has 0 spiro atoms. The Bertz CT molecular complexity index is 224. The second kappa shape index (κ2) is 8.44. The zero-order valence-corrected chi connectivity index (χ0v) is 11.0. The molecule has 100 valence electrons. The van der Waals surface area contributed by atoms with Crippen molar-refractivity contribution in [3.63, 3.8) is 0 Å². The average molecular weight is 243 g/mol. The first-order valence-corrected chi connectivity index (χ1v) is 6.41. The molecule has 5 heteroatoms. The SMILES string of the molecule is CNC1CCCN(CC(=O)NCCCOC)C1. The number of likely N-dealkylation sites (tertiary alicyclic amines) is 1. The van der Waals surface area contributed by atoms with Crippen LogP contribution >= 0.6 is 0 Å². The molecule has 1 unspecified atom stereocenters. The highest BCUT2D eigenvalue weighted by Crippen LogP contribution is 2.08. The number of carbonyl (C=O) groups excluding carboxylic acids is 1. The highest BCUT2D eigenvalue weighted by molar-refractivity contribution is 5.77. The van der Waals surface area contributed by atoms with Crippen molar-refractivity contribution < 1.29 is 9.53 Å². The van der Waals surface area contributed by atoms with Gasteiger partial charge < -0.3 is 15.4 Å². The van der Waals surface area contributed by atoms with Crippen LogP contribution < -0.4 is 10.6 Å². The number of carbonyl (C=O) groups is 1. The maximum absolute atomic E-state index is 11.7. The van der Waals surface area contributed by atoms with E-state index in [0.29, 0.717) is 25.7 Å². The second-order valence-corrected chi connectivity index (χ2v) is 4.56. The molecule has 0 aliphatic carbocycles. The van der Waals surface area contributed by atoms with Crippen LogP contribution in [-0.4, -0.2) is 63.8 Å². The normalized spacial score (nSPS) is 21.4. The molecule has 0 saturated carbocycles. The van der Waals surface area contributed by atoms with E-state index in [9.17, 15) is 4.79 Å². The summed E-state index contributed by atoms with van der Waals surface area (Å²) in [4.78, 5) is 13.9. The molecule has 1 amide bonds. The van der Waals surface area contributed by atoms with Crippen molar-refractivity contribution in [2.24, 2.45) is 0 Å². The van der Waals surface area contributed by atoms with E-state index in [1.165, 1.54) is 12.8 Å². The van der Waals surface area contributed by atoms with Crippen LogP contribution in [0, 0.1) is 0 Å². The van der Waals surface area contributed by atoms with E-state index >= 15 is 0 Å². The third-order valence-corrected chi connectivity index (χ3v) is 3.13. The van der Waals surface area contributed by atoms with E-state index in [0.717, 1.165) is 19.5 Å². The fourth-order valence-electron chi connectivity index (χ4n) is 2.14. The Morgan fingerprint density at radius 3 is 3.06 bits per heavy atom. The Balaban J connectivity index is 2.12. The number of methoxy groups -OCH3 is 1. The fourth-order valence-corrected chi connectivity index (χ4v) is 2.14. The van der Waals surface area contributed by atoms with Crippen LogP contribution in [0.5, 0.6) is 0 Å². The number of hydrogen-bond donors (Lipinski definition) is 2. The smallest absolute Gasteiger partial charge is 0.234 e. The van der Waals surface area contributed by atoms with Crippen LogP contribution in [0.4, 0.5) is 0 Å². The van der Waals surface area contributed by atoms with E-state index in [4.69, 9.17) is 4.74 Å². The fraction of sp³-hybridized carbons (Fsp3) is 0.917. The van der Waals surface area contributed by atoms with Crippen LogP contribution in [-0.2, 0) is 9.53 Å². The molecule has 1 heterocycles. The van der Waals surface area contributed by atoms with Crippen LogP contribution in [0.1, 0.15) is 19.3 Å². The minimum atomic E-state index is 0.123. The van der Waals surface area contributed by atoms with Gasteiger partial charge in [-0.15, -0.1) is 0 Å². The summed E-state index contributed by atoms with van der Waals surface area (Å²) in [7, 11) is 3.66. The van der Waals surface area contributed by atoms with Crippen molar-refractivity contribution in [3.8, 4) is 0 Å². The highest BCUT2D eigenvalue weighted by Gasteiger charge is 2.19. The monoisotopic (exact) mass is 243 g/mol. The molecule has 5 nitrogen and oxygen atoms in total. The lowest BCUT2D eigenvalue weighted by atomic mass is 10.1. The number of nitrogens with zero attached hydrogens (tertiary/aromatic N) is 1. The second-order valence-electron chi connectivity index (χ2n) is 4.56. The summed E-state index contributed by atoms with van der Waals surface area (Å²) < 4.78 is 4.93. The van der Waals surface area contributed by atoms with Gasteiger partial charge in [0.05, 0.1) is 6.54 Å². The van der Waals surface area contributed by atoms with Gasteiger partial charge in [-0.05, 0) is 32.9 Å². The Hall–Kier alpha value is -0.650. The molecule has 1 aliphatic heterocycles. The first-order chi connectivity index (χ1) is 8.26. The number of amides is 1. The molecule has 1 aliphatic rings. The lowest BCUT2D eigenvalue weighted by Crippen LogP contribution is -2.48. The Kier molecular flexibility index (Phi) is 7.16. The van der Waals surface area contributed by atoms with Gasteiger partial charge >= 0.3 is 0 Å². The molecule has 1 atom stereocenters. The quantitative estimate of drug-likeness (QED) is 0.609. The summed E-state index contributed by atoms with van der Waals surface area (Å²) in [6, 6.07) is 0.532. The number of hydrogen-bond acceptors (Lipinski definition) is 4. The van der Waals surface area contributed by atoms with Gasteiger partial charge in [0.25, 0.3) is 0 Å². The average Bonchev–Trinajstić information content (AvgIpc) is 2.35. The molecule has 0 aromatic carbocycles. The van der Waals surface area contributed by atoms with Crippen molar-refractivity contribution in [1.82, 2.24) is 15.5 Å². The van der Waals surface area contributed by atoms with Crippen LogP contribution in [0.2, 0.25) is 0 Å². The van der Waals surface area contributed by atoms with E-state index in [1.54, 1.807) is 7.11 Å². The van der Waals surface area contributed by atoms with Gasteiger partial charge in [-0.25, -0.2) is 0 Å². The molecule has 1 saturated heterocycles. The molecular weight excluding hydrogens is 218 g/mol. The summed E-state index contributed by atoms with van der Waals surface area (Å²) in [5.41, 5.74) is 0. The first-order valence-electron chi connectivity index (χ1n) is 6.41. The summed E-state index contributed by atoms with van der Waals surface area (Å²) in [5.74, 6) is 0.123. The maximum atomic E-state index is 11.7. The van der Waals surface area contributed by atoms with Crippen molar-refractivity contribution in [1.29, 1.82) is 0 Å². The zero-order chi connectivity index (χ0) is 12.5. The number of nitrogens with one attached hydrogen (secondary N) is 2. The minimum absolute atomic E-state index is 0.123. The standard InChI is InChI=1S/C12H25N3O2/c1-13-11-5-3-7-15(9-11)10-12(16)14-6-4-8-17-2/h11,13H,3-10H2,1-2H3,(H,14,16). The van der Waals surface area contributed by atoms with Gasteiger partial charge in [0.1, 0.15) is 0 Å². The molecule has 17 heavy (non-hydrogen) atoms. The van der Waals surface area contributed by atoms with E-state index in [-0.39, 0.29) is 5.91 Å². The number of piperidine rings is 1. The summed E-state index contributed by atoms with van der Waals surface area (Å²) in [5, 5.41) is 6.19. The van der Waals surface area contributed by atoms with Gasteiger partial charge in [-0.3, -0.25) is 9.69 Å². The van der Waals surface area contributed by atoms with E-state index in [2.05, 4.69) is 15.5 Å². The van der Waals surface area contributed by atoms with Crippen molar-refractivity contribution >= 4 is 5.91 Å². The lowest BCUT2D eigenvalue weighted by molar-refractivity contribution is -0.122. The molecule has 0 aromatic rings. The van der Waals surface area contributed by atoms with Gasteiger partial charge in [0.2, 0.25) is 5.91 Å². The molecule has 0 aromatic heterocycles. The summed E-state index contributed by atoms with van der Waals surface area (Å²) in [6.07, 6.45) is 3.26. The van der Waals surface area contributed by atoms with Crippen molar-refractivity contribution in [2.75, 3.05) is 46.9 Å². The first kappa shape index (κ1) is 14.4. The molecule has 2 N–H and O–H groups in total. The van der Waals surface area contributed by atoms with Crippen molar-refractivity contribution in [2.45, 2.75) is 25.3 Å². The van der Waals surface area contributed by atoms with Gasteiger partial charge in [0, 0.05) is 32.8 Å². The molecule has 0 radical (unpaired) electrons. The Labute approximate surface area is 104 Å². The van der Waals surface area contributed by atoms with E-state index in [1.807, 2.05) is 7.05 Å². The molecule has 0 bridgehead atoms. The third kappa shape index (κ3) is 6.00. The third-order valence-electron chi connectivity index (χ3n) is 3.13. The molecule has 1 fully saturated rings.